The van der Waals surface area contributed by atoms with Gasteiger partial charge >= 0.3 is 0 Å². The molecule has 3 heterocycles. The number of aromatic nitrogens is 1. The van der Waals surface area contributed by atoms with E-state index in [4.69, 9.17) is 4.52 Å². The van der Waals surface area contributed by atoms with Gasteiger partial charge in [0, 0.05) is 17.5 Å². The first-order valence-electron chi connectivity index (χ1n) is 8.88. The van der Waals surface area contributed by atoms with Crippen molar-refractivity contribution in [2.75, 3.05) is 23.7 Å². The molecule has 2 aromatic rings. The molecule has 6 nitrogen and oxygen atoms in total. The molecule has 0 spiro atoms. The van der Waals surface area contributed by atoms with Crippen LogP contribution in [0.2, 0.25) is 0 Å². The molecule has 1 unspecified atom stereocenters. The normalized spacial score (nSPS) is 20.2. The zero-order valence-electron chi connectivity index (χ0n) is 14.7. The molecule has 1 aromatic carbocycles. The minimum absolute atomic E-state index is 0.0205. The Morgan fingerprint density at radius 2 is 2.19 bits per heavy atom. The highest BCUT2D eigenvalue weighted by Gasteiger charge is 2.33. The van der Waals surface area contributed by atoms with Crippen LogP contribution in [-0.2, 0) is 9.59 Å². The zero-order chi connectivity index (χ0) is 18.1. The van der Waals surface area contributed by atoms with Crippen molar-refractivity contribution in [1.82, 2.24) is 10.1 Å². The van der Waals surface area contributed by atoms with Crippen molar-refractivity contribution in [3.05, 3.63) is 41.8 Å². The highest BCUT2D eigenvalue weighted by molar-refractivity contribution is 8.00. The van der Waals surface area contributed by atoms with E-state index < -0.39 is 0 Å². The first-order chi connectivity index (χ1) is 12.6. The number of carbonyl (C=O) groups is 2. The first kappa shape index (κ1) is 17.1. The maximum Gasteiger partial charge on any atom is 0.243 e. The number of likely N-dealkylation sites (tertiary alicyclic amines) is 1. The summed E-state index contributed by atoms with van der Waals surface area (Å²) in [5, 5.41) is 4.12. The molecule has 7 heteroatoms. The lowest BCUT2D eigenvalue weighted by Gasteiger charge is -2.37. The molecule has 1 atom stereocenters. The molecule has 26 heavy (non-hydrogen) atoms. The summed E-state index contributed by atoms with van der Waals surface area (Å²) in [4.78, 5) is 30.0. The van der Waals surface area contributed by atoms with Gasteiger partial charge in [0.05, 0.1) is 17.5 Å². The van der Waals surface area contributed by atoms with Gasteiger partial charge in [-0.25, -0.2) is 0 Å². The molecule has 1 fully saturated rings. The van der Waals surface area contributed by atoms with Crippen molar-refractivity contribution >= 4 is 29.3 Å². The van der Waals surface area contributed by atoms with Crippen LogP contribution < -0.4 is 4.90 Å². The van der Waals surface area contributed by atoms with E-state index in [9.17, 15) is 9.59 Å². The van der Waals surface area contributed by atoms with Gasteiger partial charge < -0.3 is 14.3 Å². The lowest BCUT2D eigenvalue weighted by molar-refractivity contribution is -0.134. The molecule has 2 aliphatic heterocycles. The van der Waals surface area contributed by atoms with Crippen LogP contribution in [0.4, 0.5) is 5.69 Å². The summed E-state index contributed by atoms with van der Waals surface area (Å²) in [5.74, 6) is 1.06. The van der Waals surface area contributed by atoms with Crippen LogP contribution in [0.15, 0.2) is 39.8 Å². The Hall–Kier alpha value is -2.28. The van der Waals surface area contributed by atoms with Gasteiger partial charge in [-0.1, -0.05) is 17.3 Å². The van der Waals surface area contributed by atoms with Gasteiger partial charge in [0.1, 0.15) is 18.0 Å². The largest absolute Gasteiger partial charge is 0.361 e. The van der Waals surface area contributed by atoms with Gasteiger partial charge in [-0.3, -0.25) is 9.59 Å². The fraction of sp³-hybridized carbons (Fsp3) is 0.421. The number of para-hydroxylation sites is 1. The van der Waals surface area contributed by atoms with Crippen molar-refractivity contribution in [3.63, 3.8) is 0 Å². The third-order valence-corrected chi connectivity index (χ3v) is 5.96. The van der Waals surface area contributed by atoms with Crippen LogP contribution in [-0.4, -0.2) is 40.7 Å². The summed E-state index contributed by atoms with van der Waals surface area (Å²) in [7, 11) is 0. The molecule has 1 aromatic heterocycles. The second kappa shape index (κ2) is 7.15. The second-order valence-electron chi connectivity index (χ2n) is 6.70. The van der Waals surface area contributed by atoms with Crippen molar-refractivity contribution in [2.45, 2.75) is 37.1 Å². The van der Waals surface area contributed by atoms with Gasteiger partial charge in [-0.2, -0.15) is 0 Å². The number of fused-ring (bicyclic) bond motifs is 1. The van der Waals surface area contributed by atoms with Gasteiger partial charge in [0.25, 0.3) is 0 Å². The average Bonchev–Trinajstić information content (AvgIpc) is 3.10. The van der Waals surface area contributed by atoms with E-state index in [0.717, 1.165) is 41.3 Å². The van der Waals surface area contributed by atoms with E-state index in [2.05, 4.69) is 5.16 Å². The zero-order valence-corrected chi connectivity index (χ0v) is 15.5. The molecule has 0 bridgehead atoms. The molecule has 2 aliphatic rings. The Bertz CT molecular complexity index is 835. The third-order valence-electron chi connectivity index (χ3n) is 4.91. The number of thioether (sulfide) groups is 1. The highest BCUT2D eigenvalue weighted by Crippen LogP contribution is 2.36. The lowest BCUT2D eigenvalue weighted by Crippen LogP contribution is -2.47. The maximum absolute atomic E-state index is 13.1. The van der Waals surface area contributed by atoms with Crippen molar-refractivity contribution in [1.29, 1.82) is 0 Å². The molecule has 0 saturated carbocycles. The molecule has 2 amide bonds. The fourth-order valence-electron chi connectivity index (χ4n) is 3.63. The second-order valence-corrected chi connectivity index (χ2v) is 7.71. The molecule has 0 aliphatic carbocycles. The Labute approximate surface area is 156 Å². The molecular weight excluding hydrogens is 350 g/mol. The summed E-state index contributed by atoms with van der Waals surface area (Å²) >= 11 is 1.52. The van der Waals surface area contributed by atoms with E-state index in [0.29, 0.717) is 12.3 Å². The summed E-state index contributed by atoms with van der Waals surface area (Å²) in [6.45, 7) is 2.62. The summed E-state index contributed by atoms with van der Waals surface area (Å²) in [6.07, 6.45) is 2.90. The number of rotatable bonds is 3. The number of piperidine rings is 1. The standard InChI is InChI=1S/C19H21N3O3S/c1-13-10-14(20-25-13)15-6-4-5-9-21(15)18(23)11-22-16-7-2-3-8-17(16)26-12-19(22)24/h2-3,7-8,10,15H,4-6,9,11-12H2,1H3. The van der Waals surface area contributed by atoms with Gasteiger partial charge in [0.2, 0.25) is 11.8 Å². The van der Waals surface area contributed by atoms with Crippen LogP contribution in [0.5, 0.6) is 0 Å². The van der Waals surface area contributed by atoms with E-state index in [1.807, 2.05) is 42.2 Å². The quantitative estimate of drug-likeness (QED) is 0.829. The van der Waals surface area contributed by atoms with Crippen LogP contribution in [0.3, 0.4) is 0 Å². The number of hydrogen-bond donors (Lipinski definition) is 0. The van der Waals surface area contributed by atoms with E-state index >= 15 is 0 Å². The molecule has 1 saturated heterocycles. The van der Waals surface area contributed by atoms with Crippen LogP contribution in [0.1, 0.15) is 36.8 Å². The number of benzene rings is 1. The van der Waals surface area contributed by atoms with Crippen molar-refractivity contribution < 1.29 is 14.1 Å². The molecule has 4 rings (SSSR count). The number of carbonyl (C=O) groups excluding carboxylic acids is 2. The SMILES string of the molecule is Cc1cc(C2CCCCN2C(=O)CN2C(=O)CSc3ccccc32)no1. The van der Waals surface area contributed by atoms with Crippen molar-refractivity contribution in [3.8, 4) is 0 Å². The number of hydrogen-bond acceptors (Lipinski definition) is 5. The van der Waals surface area contributed by atoms with E-state index in [-0.39, 0.29) is 24.4 Å². The fourth-order valence-corrected chi connectivity index (χ4v) is 4.57. The predicted molar refractivity (Wildman–Crippen MR) is 99.1 cm³/mol. The number of anilines is 1. The maximum atomic E-state index is 13.1. The van der Waals surface area contributed by atoms with Crippen LogP contribution >= 0.6 is 11.8 Å². The monoisotopic (exact) mass is 371 g/mol. The Morgan fingerprint density at radius 1 is 1.35 bits per heavy atom. The molecular formula is C19H21N3O3S. The topological polar surface area (TPSA) is 66.7 Å². The summed E-state index contributed by atoms with van der Waals surface area (Å²) in [5.41, 5.74) is 1.63. The van der Waals surface area contributed by atoms with E-state index in [1.54, 1.807) is 4.90 Å². The Morgan fingerprint density at radius 3 is 3.00 bits per heavy atom. The third kappa shape index (κ3) is 3.23. The molecule has 136 valence electrons. The van der Waals surface area contributed by atoms with Gasteiger partial charge in [-0.15, -0.1) is 11.8 Å². The Kier molecular flexibility index (Phi) is 4.72. The number of amides is 2. The predicted octanol–water partition coefficient (Wildman–Crippen LogP) is 3.18. The average molecular weight is 371 g/mol. The smallest absolute Gasteiger partial charge is 0.243 e. The minimum atomic E-state index is -0.0711. The number of aryl methyl sites for hydroxylation is 1. The van der Waals surface area contributed by atoms with Gasteiger partial charge in [-0.05, 0) is 38.3 Å². The molecule has 0 radical (unpaired) electrons. The lowest BCUT2D eigenvalue weighted by atomic mass is 9.99. The number of nitrogens with zero attached hydrogens (tertiary/aromatic N) is 3. The van der Waals surface area contributed by atoms with Crippen molar-refractivity contribution in [2.24, 2.45) is 0 Å². The summed E-state index contributed by atoms with van der Waals surface area (Å²) < 4.78 is 5.20. The molecule has 0 N–H and O–H groups in total. The minimum Gasteiger partial charge on any atom is -0.361 e. The van der Waals surface area contributed by atoms with Crippen LogP contribution in [0, 0.1) is 6.92 Å². The van der Waals surface area contributed by atoms with Gasteiger partial charge in [0.15, 0.2) is 0 Å². The summed E-state index contributed by atoms with van der Waals surface area (Å²) in [6, 6.07) is 9.58. The van der Waals surface area contributed by atoms with E-state index in [1.165, 1.54) is 11.8 Å². The Balaban J connectivity index is 1.56. The highest BCUT2D eigenvalue weighted by atomic mass is 32.2. The first-order valence-corrected chi connectivity index (χ1v) is 9.87. The van der Waals surface area contributed by atoms with Crippen LogP contribution in [0.25, 0.3) is 0 Å².